The molecule has 0 spiro atoms. The lowest BCUT2D eigenvalue weighted by Crippen LogP contribution is -2.37. The highest BCUT2D eigenvalue weighted by molar-refractivity contribution is 7.89. The predicted octanol–water partition coefficient (Wildman–Crippen LogP) is 3.30. The van der Waals surface area contributed by atoms with Crippen LogP contribution in [0.1, 0.15) is 17.2 Å². The number of hydrogen-bond acceptors (Lipinski definition) is 4. The second-order valence-corrected chi connectivity index (χ2v) is 8.45. The van der Waals surface area contributed by atoms with E-state index in [1.54, 1.807) is 12.4 Å². The summed E-state index contributed by atoms with van der Waals surface area (Å²) < 4.78 is 41.2. The van der Waals surface area contributed by atoms with Gasteiger partial charge >= 0.3 is 0 Å². The lowest BCUT2D eigenvalue weighted by Gasteiger charge is -2.31. The van der Waals surface area contributed by atoms with E-state index >= 15 is 0 Å². The standard InChI is InChI=1S/C21H20FN3O2S/c22-18-7-9-19(10-8-18)28(26,27)24-15-21(17-5-3-12-23-14-17)25-13-11-16-4-1-2-6-20(16)25/h1-10,12,14,21,24H,11,13,15H2/t21-/m0/s1. The number of hydrogen-bond donors (Lipinski definition) is 1. The molecule has 0 aliphatic carbocycles. The van der Waals surface area contributed by atoms with Gasteiger partial charge < -0.3 is 4.90 Å². The Hall–Kier alpha value is -2.77. The molecule has 7 heteroatoms. The number of benzene rings is 2. The zero-order valence-corrected chi connectivity index (χ0v) is 15.9. The summed E-state index contributed by atoms with van der Waals surface area (Å²) in [7, 11) is -3.75. The van der Waals surface area contributed by atoms with Crippen LogP contribution < -0.4 is 9.62 Å². The first-order chi connectivity index (χ1) is 13.5. The number of sulfonamides is 1. The Bertz CT molecular complexity index is 1060. The van der Waals surface area contributed by atoms with E-state index < -0.39 is 15.8 Å². The van der Waals surface area contributed by atoms with Gasteiger partial charge in [-0.3, -0.25) is 4.98 Å². The number of fused-ring (bicyclic) bond motifs is 1. The molecule has 0 unspecified atom stereocenters. The monoisotopic (exact) mass is 397 g/mol. The average Bonchev–Trinajstić information content (AvgIpc) is 3.13. The molecule has 1 aliphatic heterocycles. The van der Waals surface area contributed by atoms with Crippen molar-refractivity contribution in [1.82, 2.24) is 9.71 Å². The Labute approximate surface area is 163 Å². The molecule has 0 radical (unpaired) electrons. The van der Waals surface area contributed by atoms with Crippen LogP contribution in [0.15, 0.2) is 78.0 Å². The third kappa shape index (κ3) is 3.76. The van der Waals surface area contributed by atoms with E-state index in [-0.39, 0.29) is 17.5 Å². The minimum absolute atomic E-state index is 0.0423. The van der Waals surface area contributed by atoms with E-state index in [0.29, 0.717) is 0 Å². The van der Waals surface area contributed by atoms with Gasteiger partial charge in [-0.2, -0.15) is 0 Å². The third-order valence-corrected chi connectivity index (χ3v) is 6.40. The third-order valence-electron chi connectivity index (χ3n) is 4.96. The highest BCUT2D eigenvalue weighted by atomic mass is 32.2. The Morgan fingerprint density at radius 3 is 2.61 bits per heavy atom. The lowest BCUT2D eigenvalue weighted by atomic mass is 10.1. The summed E-state index contributed by atoms with van der Waals surface area (Å²) in [5.74, 6) is -0.471. The van der Waals surface area contributed by atoms with Crippen molar-refractivity contribution in [2.75, 3.05) is 18.0 Å². The zero-order valence-electron chi connectivity index (χ0n) is 15.1. The fourth-order valence-corrected chi connectivity index (χ4v) is 4.59. The van der Waals surface area contributed by atoms with Gasteiger partial charge in [0.25, 0.3) is 0 Å². The number of halogens is 1. The van der Waals surface area contributed by atoms with Gasteiger partial charge in [0.15, 0.2) is 0 Å². The van der Waals surface area contributed by atoms with Crippen LogP contribution in [0.3, 0.4) is 0 Å². The molecule has 1 atom stereocenters. The second-order valence-electron chi connectivity index (χ2n) is 6.68. The molecule has 144 valence electrons. The number of para-hydroxylation sites is 1. The quantitative estimate of drug-likeness (QED) is 0.693. The van der Waals surface area contributed by atoms with Crippen molar-refractivity contribution in [3.05, 3.63) is 90.0 Å². The molecule has 0 saturated heterocycles. The molecule has 2 aromatic carbocycles. The topological polar surface area (TPSA) is 62.3 Å². The molecule has 0 amide bonds. The van der Waals surface area contributed by atoms with Crippen molar-refractivity contribution in [2.45, 2.75) is 17.4 Å². The fraction of sp³-hybridized carbons (Fsp3) is 0.190. The Morgan fingerprint density at radius 2 is 1.86 bits per heavy atom. The summed E-state index contributed by atoms with van der Waals surface area (Å²) in [5.41, 5.74) is 3.29. The minimum atomic E-state index is -3.75. The van der Waals surface area contributed by atoms with E-state index in [4.69, 9.17) is 0 Å². The van der Waals surface area contributed by atoms with Crippen LogP contribution in [0, 0.1) is 5.82 Å². The Kier molecular flexibility index (Phi) is 5.11. The molecule has 5 nitrogen and oxygen atoms in total. The summed E-state index contributed by atoms with van der Waals surface area (Å²) in [5, 5.41) is 0. The summed E-state index contributed by atoms with van der Waals surface area (Å²) >= 11 is 0. The van der Waals surface area contributed by atoms with E-state index in [2.05, 4.69) is 26.7 Å². The van der Waals surface area contributed by atoms with Crippen LogP contribution in [0.4, 0.5) is 10.1 Å². The van der Waals surface area contributed by atoms with Crippen molar-refractivity contribution < 1.29 is 12.8 Å². The smallest absolute Gasteiger partial charge is 0.240 e. The predicted molar refractivity (Wildman–Crippen MR) is 106 cm³/mol. The molecule has 0 saturated carbocycles. The molecule has 28 heavy (non-hydrogen) atoms. The molecule has 0 fully saturated rings. The number of pyridine rings is 1. The van der Waals surface area contributed by atoms with Crippen LogP contribution in [-0.2, 0) is 16.4 Å². The van der Waals surface area contributed by atoms with Crippen molar-refractivity contribution >= 4 is 15.7 Å². The summed E-state index contributed by atoms with van der Waals surface area (Å²) in [6.45, 7) is 0.983. The Morgan fingerprint density at radius 1 is 1.07 bits per heavy atom. The van der Waals surface area contributed by atoms with E-state index in [9.17, 15) is 12.8 Å². The van der Waals surface area contributed by atoms with Crippen molar-refractivity contribution in [3.63, 3.8) is 0 Å². The number of nitrogens with zero attached hydrogens (tertiary/aromatic N) is 2. The van der Waals surface area contributed by atoms with Crippen LogP contribution in [0.25, 0.3) is 0 Å². The summed E-state index contributed by atoms with van der Waals surface area (Å²) in [6.07, 6.45) is 4.37. The normalized spacial score (nSPS) is 14.7. The van der Waals surface area contributed by atoms with Crippen LogP contribution in [0.2, 0.25) is 0 Å². The molecule has 4 rings (SSSR count). The van der Waals surface area contributed by atoms with Crippen LogP contribution in [-0.4, -0.2) is 26.5 Å². The maximum absolute atomic E-state index is 13.1. The second kappa shape index (κ2) is 7.69. The average molecular weight is 397 g/mol. The number of aromatic nitrogens is 1. The number of rotatable bonds is 6. The molecular weight excluding hydrogens is 377 g/mol. The molecular formula is C21H20FN3O2S. The first-order valence-electron chi connectivity index (χ1n) is 9.04. The number of nitrogens with one attached hydrogen (secondary N) is 1. The van der Waals surface area contributed by atoms with Crippen LogP contribution in [0.5, 0.6) is 0 Å². The molecule has 1 aliphatic rings. The largest absolute Gasteiger partial charge is 0.363 e. The van der Waals surface area contributed by atoms with Gasteiger partial charge in [-0.05, 0) is 53.9 Å². The highest BCUT2D eigenvalue weighted by Crippen LogP contribution is 2.34. The van der Waals surface area contributed by atoms with Gasteiger partial charge in [0.1, 0.15) is 5.82 Å². The summed E-state index contributed by atoms with van der Waals surface area (Å²) in [6, 6.07) is 16.6. The fourth-order valence-electron chi connectivity index (χ4n) is 3.55. The van der Waals surface area contributed by atoms with Gasteiger partial charge in [-0.1, -0.05) is 24.3 Å². The van der Waals surface area contributed by atoms with Gasteiger partial charge in [0.2, 0.25) is 10.0 Å². The highest BCUT2D eigenvalue weighted by Gasteiger charge is 2.28. The van der Waals surface area contributed by atoms with Gasteiger partial charge in [-0.25, -0.2) is 17.5 Å². The first-order valence-corrected chi connectivity index (χ1v) is 10.5. The molecule has 0 bridgehead atoms. The molecule has 2 heterocycles. The molecule has 3 aromatic rings. The molecule has 1 aromatic heterocycles. The van der Waals surface area contributed by atoms with Crippen LogP contribution >= 0.6 is 0 Å². The maximum Gasteiger partial charge on any atom is 0.240 e. The van der Waals surface area contributed by atoms with Crippen molar-refractivity contribution in [2.24, 2.45) is 0 Å². The van der Waals surface area contributed by atoms with Crippen molar-refractivity contribution in [1.29, 1.82) is 0 Å². The van der Waals surface area contributed by atoms with Gasteiger partial charge in [0.05, 0.1) is 10.9 Å². The van der Waals surface area contributed by atoms with E-state index in [1.807, 2.05) is 24.3 Å². The zero-order chi connectivity index (χ0) is 19.6. The van der Waals surface area contributed by atoms with Gasteiger partial charge in [-0.15, -0.1) is 0 Å². The maximum atomic E-state index is 13.1. The van der Waals surface area contributed by atoms with Gasteiger partial charge in [0, 0.05) is 31.2 Å². The lowest BCUT2D eigenvalue weighted by molar-refractivity contribution is 0.562. The first kappa shape index (κ1) is 18.6. The SMILES string of the molecule is O=S(=O)(NC[C@@H](c1cccnc1)N1CCc2ccccc21)c1ccc(F)cc1. The molecule has 1 N–H and O–H groups in total. The summed E-state index contributed by atoms with van der Waals surface area (Å²) in [4.78, 5) is 6.45. The van der Waals surface area contributed by atoms with Crippen molar-refractivity contribution in [3.8, 4) is 0 Å². The minimum Gasteiger partial charge on any atom is -0.363 e. The Balaban J connectivity index is 1.61. The number of anilines is 1. The van der Waals surface area contributed by atoms with E-state index in [0.717, 1.165) is 36.3 Å². The van der Waals surface area contributed by atoms with E-state index in [1.165, 1.54) is 17.7 Å².